The van der Waals surface area contributed by atoms with Crippen LogP contribution in [0.3, 0.4) is 0 Å². The van der Waals surface area contributed by atoms with E-state index in [0.29, 0.717) is 43.7 Å². The second kappa shape index (κ2) is 18.1. The maximum absolute atomic E-state index is 13.5. The summed E-state index contributed by atoms with van der Waals surface area (Å²) in [5.41, 5.74) is -1.28. The molecule has 6 amide bonds. The van der Waals surface area contributed by atoms with Crippen LogP contribution in [0.5, 0.6) is 0 Å². The van der Waals surface area contributed by atoms with Gasteiger partial charge in [-0.2, -0.15) is 10.2 Å². The lowest BCUT2D eigenvalue weighted by Gasteiger charge is -2.57. The molecule has 0 bridgehead atoms. The number of nitrogens with zero attached hydrogens (tertiary/aromatic N) is 4. The van der Waals surface area contributed by atoms with Gasteiger partial charge in [-0.25, -0.2) is 4.79 Å². The van der Waals surface area contributed by atoms with Gasteiger partial charge in [0.05, 0.1) is 23.3 Å². The Labute approximate surface area is 339 Å². The number of hydrogen-bond donors (Lipinski definition) is 6. The van der Waals surface area contributed by atoms with Crippen LogP contribution in [0.15, 0.2) is 52.7 Å². The molecule has 310 valence electrons. The van der Waals surface area contributed by atoms with Crippen LogP contribution >= 0.6 is 0 Å². The summed E-state index contributed by atoms with van der Waals surface area (Å²) in [7, 11) is 0. The molecule has 1 aliphatic carbocycles. The summed E-state index contributed by atoms with van der Waals surface area (Å²) < 4.78 is 0. The van der Waals surface area contributed by atoms with Crippen molar-refractivity contribution in [3.8, 4) is 0 Å². The lowest BCUT2D eigenvalue weighted by atomic mass is 9.58. The Balaban J connectivity index is 1.01. The third kappa shape index (κ3) is 9.07. The van der Waals surface area contributed by atoms with Crippen molar-refractivity contribution in [2.45, 2.75) is 101 Å². The molecule has 2 aromatic rings. The maximum atomic E-state index is 13.5. The number of urea groups is 1. The first-order valence-corrected chi connectivity index (χ1v) is 21.0. The number of piperidine rings is 2. The fraction of sp³-hybridized carbons (Fsp3) is 0.571. The molecule has 4 saturated heterocycles. The number of benzene rings is 2. The van der Waals surface area contributed by atoms with Gasteiger partial charge in [0.15, 0.2) is 5.78 Å². The molecule has 2 aromatic carbocycles. The number of azo groups is 1. The topological polar surface area (TPSA) is 206 Å². The van der Waals surface area contributed by atoms with Crippen molar-refractivity contribution >= 4 is 46.8 Å². The molecular formula is C42H56N10O6. The van der Waals surface area contributed by atoms with Gasteiger partial charge < -0.3 is 41.7 Å². The summed E-state index contributed by atoms with van der Waals surface area (Å²) in [5.74, 6) is -2.10. The number of Topliss-reactive ketones (excluding diaryl/α,β-unsaturated/α-hetero) is 1. The van der Waals surface area contributed by atoms with Crippen molar-refractivity contribution in [1.82, 2.24) is 36.4 Å². The highest BCUT2D eigenvalue weighted by Gasteiger charge is 2.72. The third-order valence-corrected chi connectivity index (χ3v) is 12.4. The number of ketones is 1. The summed E-state index contributed by atoms with van der Waals surface area (Å²) in [6, 6.07) is 10.3. The molecule has 0 aromatic heterocycles. The van der Waals surface area contributed by atoms with Gasteiger partial charge in [0.25, 0.3) is 23.6 Å². The zero-order chi connectivity index (χ0) is 40.7. The van der Waals surface area contributed by atoms with E-state index in [-0.39, 0.29) is 46.6 Å². The van der Waals surface area contributed by atoms with Crippen LogP contribution in [0, 0.1) is 0 Å². The van der Waals surface area contributed by atoms with E-state index < -0.39 is 28.7 Å². The van der Waals surface area contributed by atoms with Gasteiger partial charge >= 0.3 is 6.03 Å². The molecule has 16 heteroatoms. The molecule has 5 fully saturated rings. The van der Waals surface area contributed by atoms with Gasteiger partial charge in [0.2, 0.25) is 5.54 Å². The number of anilines is 1. The number of fused-ring (bicyclic) bond motifs is 1. The summed E-state index contributed by atoms with van der Waals surface area (Å²) >= 11 is 0. The predicted molar refractivity (Wildman–Crippen MR) is 217 cm³/mol. The van der Waals surface area contributed by atoms with E-state index in [9.17, 15) is 28.8 Å². The number of nitrogens with one attached hydrogen (secondary N) is 6. The molecule has 16 nitrogen and oxygen atoms in total. The fourth-order valence-electron chi connectivity index (χ4n) is 9.19. The first-order chi connectivity index (χ1) is 28.0. The lowest BCUT2D eigenvalue weighted by Crippen LogP contribution is -2.84. The smallest absolute Gasteiger partial charge is 0.315 e. The molecule has 0 radical (unpaired) electrons. The summed E-state index contributed by atoms with van der Waals surface area (Å²) in [5, 5.41) is 26.1. The summed E-state index contributed by atoms with van der Waals surface area (Å²) in [6.07, 6.45) is 10.3. The Hall–Kier alpha value is -5.22. The Bertz CT molecular complexity index is 1840. The van der Waals surface area contributed by atoms with Gasteiger partial charge in [-0.15, -0.1) is 0 Å². The van der Waals surface area contributed by atoms with Crippen LogP contribution in [0.2, 0.25) is 0 Å². The molecule has 6 N–H and O–H groups in total. The summed E-state index contributed by atoms with van der Waals surface area (Å²) in [6.45, 7) is 8.46. The normalized spacial score (nSPS) is 25.9. The Kier molecular flexibility index (Phi) is 12.8. The molecule has 4 atom stereocenters. The van der Waals surface area contributed by atoms with Gasteiger partial charge in [0, 0.05) is 35.5 Å². The van der Waals surface area contributed by atoms with Crippen molar-refractivity contribution in [3.05, 3.63) is 59.2 Å². The van der Waals surface area contributed by atoms with Crippen LogP contribution in [0.4, 0.5) is 16.2 Å². The Morgan fingerprint density at radius 1 is 0.741 bits per heavy atom. The average Bonchev–Trinajstić information content (AvgIpc) is 3.60. The number of rotatable bonds is 15. The van der Waals surface area contributed by atoms with E-state index in [1.54, 1.807) is 42.5 Å². The lowest BCUT2D eigenvalue weighted by molar-refractivity contribution is -0.155. The monoisotopic (exact) mass is 796 g/mol. The molecule has 4 heterocycles. The van der Waals surface area contributed by atoms with Crippen LogP contribution in [-0.4, -0.2) is 121 Å². The van der Waals surface area contributed by atoms with Crippen LogP contribution in [0.25, 0.3) is 0 Å². The van der Waals surface area contributed by atoms with Crippen LogP contribution < -0.4 is 31.9 Å². The summed E-state index contributed by atoms with van der Waals surface area (Å²) in [4.78, 5) is 83.2. The highest BCUT2D eigenvalue weighted by Crippen LogP contribution is 2.48. The van der Waals surface area contributed by atoms with E-state index in [4.69, 9.17) is 0 Å². The molecule has 4 aliphatic heterocycles. The molecule has 58 heavy (non-hydrogen) atoms. The van der Waals surface area contributed by atoms with E-state index in [0.717, 1.165) is 52.1 Å². The molecule has 5 aliphatic rings. The van der Waals surface area contributed by atoms with Crippen LogP contribution in [0.1, 0.15) is 109 Å². The highest BCUT2D eigenvalue weighted by molar-refractivity contribution is 6.17. The Morgan fingerprint density at radius 2 is 1.31 bits per heavy atom. The van der Waals surface area contributed by atoms with Crippen molar-refractivity contribution in [2.24, 2.45) is 10.2 Å². The number of carbonyl (C=O) groups is 6. The van der Waals surface area contributed by atoms with E-state index in [1.165, 1.54) is 45.4 Å². The zero-order valence-electron chi connectivity index (χ0n) is 33.4. The minimum absolute atomic E-state index is 0.0855. The molecule has 7 rings (SSSR count). The first kappa shape index (κ1) is 41.0. The van der Waals surface area contributed by atoms with E-state index >= 15 is 0 Å². The van der Waals surface area contributed by atoms with Gasteiger partial charge in [-0.1, -0.05) is 12.8 Å². The number of likely N-dealkylation sites (tertiary alicyclic amines) is 2. The van der Waals surface area contributed by atoms with Gasteiger partial charge in [0.1, 0.15) is 0 Å². The van der Waals surface area contributed by atoms with Crippen molar-refractivity contribution < 1.29 is 28.8 Å². The number of hydrogen-bond acceptors (Lipinski definition) is 10. The minimum Gasteiger partial charge on any atom is -0.352 e. The number of β-lactam (4-membered cyclic amide) rings is 1. The van der Waals surface area contributed by atoms with Gasteiger partial charge in [-0.05, 0) is 146 Å². The van der Waals surface area contributed by atoms with Gasteiger partial charge in [-0.3, -0.25) is 24.0 Å². The SMILES string of the molecule is CC(=O)C1(N=Nc2ccc(C(=O)Nc3cc(C(=O)NCCCN4CCCCC4)cc(C(=O)NCCCN4CCCCC4)c3)cc2)C(=O)NC12CCC1NC(=O)NC1C2. The predicted octanol–water partition coefficient (Wildman–Crippen LogP) is 3.66. The van der Waals surface area contributed by atoms with Crippen molar-refractivity contribution in [1.29, 1.82) is 0 Å². The maximum Gasteiger partial charge on any atom is 0.315 e. The zero-order valence-corrected chi connectivity index (χ0v) is 33.4. The highest BCUT2D eigenvalue weighted by atomic mass is 16.2. The first-order valence-electron chi connectivity index (χ1n) is 21.0. The second-order valence-electron chi connectivity index (χ2n) is 16.4. The standard InChI is InChI=1S/C42H56N10O6/c1-28(53)42(39(57)48-41(42)15-14-34-35(27-41)47-40(58)46-34)50-49-32-12-10-29(11-13-32)38(56)45-33-25-30(36(54)43-16-8-22-51-18-4-2-5-19-51)24-31(26-33)37(55)44-17-9-23-52-20-6-3-7-21-52/h10-13,24-26,34-35H,2-9,14-23,27H2,1H3,(H,43,54)(H,44,55)(H,45,56)(H,48,57)(H2,46,47,58). The van der Waals surface area contributed by atoms with E-state index in [1.807, 2.05) is 0 Å². The van der Waals surface area contributed by atoms with Crippen molar-refractivity contribution in [2.75, 3.05) is 57.7 Å². The van der Waals surface area contributed by atoms with E-state index in [2.05, 4.69) is 51.9 Å². The molecule has 1 spiro atoms. The average molecular weight is 797 g/mol. The fourth-order valence-corrected chi connectivity index (χ4v) is 9.19. The van der Waals surface area contributed by atoms with Crippen molar-refractivity contribution in [3.63, 3.8) is 0 Å². The minimum atomic E-state index is -1.73. The third-order valence-electron chi connectivity index (χ3n) is 12.4. The number of carbonyl (C=O) groups excluding carboxylic acids is 6. The van der Waals surface area contributed by atoms with Crippen LogP contribution in [-0.2, 0) is 9.59 Å². The molecular weight excluding hydrogens is 741 g/mol. The molecule has 1 saturated carbocycles. The molecule has 4 unspecified atom stereocenters. The number of amides is 6. The quantitative estimate of drug-likeness (QED) is 0.0678. The Morgan fingerprint density at radius 3 is 1.86 bits per heavy atom. The largest absolute Gasteiger partial charge is 0.352 e. The second-order valence-corrected chi connectivity index (χ2v) is 16.4.